The molecule has 0 aliphatic heterocycles. The van der Waals surface area contributed by atoms with Crippen molar-refractivity contribution < 1.29 is 9.47 Å². The predicted molar refractivity (Wildman–Crippen MR) is 84.1 cm³/mol. The van der Waals surface area contributed by atoms with E-state index in [1.54, 1.807) is 32.4 Å². The van der Waals surface area contributed by atoms with Crippen molar-refractivity contribution in [1.29, 1.82) is 0 Å². The zero-order valence-electron chi connectivity index (χ0n) is 11.6. The van der Waals surface area contributed by atoms with Gasteiger partial charge in [0.25, 0.3) is 0 Å². The van der Waals surface area contributed by atoms with E-state index < -0.39 is 0 Å². The fraction of sp³-hybridized carbons (Fsp3) is 0.133. The van der Waals surface area contributed by atoms with Crippen LogP contribution in [0.4, 0.5) is 5.69 Å². The molecule has 5 nitrogen and oxygen atoms in total. The van der Waals surface area contributed by atoms with Gasteiger partial charge >= 0.3 is 0 Å². The van der Waals surface area contributed by atoms with Crippen molar-refractivity contribution in [2.75, 3.05) is 20.0 Å². The number of aromatic nitrogens is 2. The van der Waals surface area contributed by atoms with Gasteiger partial charge < -0.3 is 20.2 Å². The van der Waals surface area contributed by atoms with Crippen LogP contribution < -0.4 is 15.2 Å². The maximum Gasteiger partial charge on any atom is 0.142 e. The molecule has 3 aromatic rings. The monoisotopic (exact) mass is 303 g/mol. The minimum Gasteiger partial charge on any atom is -0.497 e. The molecule has 0 bridgehead atoms. The van der Waals surface area contributed by atoms with Crippen LogP contribution in [0.15, 0.2) is 30.3 Å². The molecule has 0 spiro atoms. The number of H-pyrrole nitrogens is 1. The number of hydrogen-bond donors (Lipinski definition) is 2. The van der Waals surface area contributed by atoms with Crippen molar-refractivity contribution in [2.24, 2.45) is 0 Å². The largest absolute Gasteiger partial charge is 0.497 e. The number of anilines is 1. The first-order valence-electron chi connectivity index (χ1n) is 6.29. The van der Waals surface area contributed by atoms with Crippen molar-refractivity contribution >= 4 is 28.3 Å². The quantitative estimate of drug-likeness (QED) is 0.727. The number of nitrogens with two attached hydrogens (primary N) is 1. The number of nitrogens with one attached hydrogen (secondary N) is 1. The van der Waals surface area contributed by atoms with Gasteiger partial charge in [-0.2, -0.15) is 0 Å². The van der Waals surface area contributed by atoms with Crippen LogP contribution in [0.2, 0.25) is 5.02 Å². The molecule has 0 fully saturated rings. The van der Waals surface area contributed by atoms with Gasteiger partial charge in [-0.15, -0.1) is 0 Å². The maximum atomic E-state index is 6.01. The summed E-state index contributed by atoms with van der Waals surface area (Å²) < 4.78 is 10.6. The topological polar surface area (TPSA) is 73.2 Å². The molecule has 0 atom stereocenters. The van der Waals surface area contributed by atoms with Crippen LogP contribution in [-0.2, 0) is 0 Å². The van der Waals surface area contributed by atoms with Crippen molar-refractivity contribution in [1.82, 2.24) is 9.97 Å². The number of rotatable bonds is 3. The maximum absolute atomic E-state index is 6.01. The second kappa shape index (κ2) is 5.18. The highest BCUT2D eigenvalue weighted by molar-refractivity contribution is 6.31. The molecule has 108 valence electrons. The SMILES string of the molecule is COc1ccc(-c2nc3c(N)cc(Cl)cc3[nH]2)c(OC)c1. The molecule has 0 unspecified atom stereocenters. The van der Waals surface area contributed by atoms with Crippen molar-refractivity contribution in [2.45, 2.75) is 0 Å². The average molecular weight is 304 g/mol. The minimum absolute atomic E-state index is 0.535. The third kappa shape index (κ3) is 2.36. The van der Waals surface area contributed by atoms with Gasteiger partial charge in [0.15, 0.2) is 0 Å². The molecule has 0 amide bonds. The Hall–Kier alpha value is -2.40. The Balaban J connectivity index is 2.18. The molecule has 0 saturated carbocycles. The Kier molecular flexibility index (Phi) is 3.35. The molecule has 21 heavy (non-hydrogen) atoms. The summed E-state index contributed by atoms with van der Waals surface area (Å²) in [6, 6.07) is 9.01. The Morgan fingerprint density at radius 2 is 1.95 bits per heavy atom. The van der Waals surface area contributed by atoms with Gasteiger partial charge in [-0.3, -0.25) is 0 Å². The van der Waals surface area contributed by atoms with Gasteiger partial charge in [-0.1, -0.05) is 11.6 Å². The second-order valence-electron chi connectivity index (χ2n) is 4.54. The summed E-state index contributed by atoms with van der Waals surface area (Å²) in [5.41, 5.74) is 8.78. The zero-order valence-corrected chi connectivity index (χ0v) is 12.4. The molecular formula is C15H14ClN3O2. The van der Waals surface area contributed by atoms with Crippen molar-refractivity contribution in [3.8, 4) is 22.9 Å². The number of imidazole rings is 1. The van der Waals surface area contributed by atoms with Crippen LogP contribution in [0.3, 0.4) is 0 Å². The fourth-order valence-corrected chi connectivity index (χ4v) is 2.46. The summed E-state index contributed by atoms with van der Waals surface area (Å²) in [7, 11) is 3.21. The van der Waals surface area contributed by atoms with Crippen LogP contribution in [0.1, 0.15) is 0 Å². The number of aromatic amines is 1. The smallest absolute Gasteiger partial charge is 0.142 e. The summed E-state index contributed by atoms with van der Waals surface area (Å²) in [6.07, 6.45) is 0. The van der Waals surface area contributed by atoms with Crippen molar-refractivity contribution in [3.05, 3.63) is 35.4 Å². The van der Waals surface area contributed by atoms with Crippen LogP contribution >= 0.6 is 11.6 Å². The third-order valence-electron chi connectivity index (χ3n) is 3.24. The van der Waals surface area contributed by atoms with E-state index in [1.807, 2.05) is 12.1 Å². The fourth-order valence-electron chi connectivity index (χ4n) is 2.23. The molecule has 2 aromatic carbocycles. The molecule has 1 heterocycles. The molecule has 0 aliphatic carbocycles. The molecule has 0 radical (unpaired) electrons. The first-order valence-corrected chi connectivity index (χ1v) is 6.67. The first-order chi connectivity index (χ1) is 10.1. The number of benzene rings is 2. The molecule has 1 aromatic heterocycles. The highest BCUT2D eigenvalue weighted by Crippen LogP contribution is 2.34. The van der Waals surface area contributed by atoms with E-state index in [4.69, 9.17) is 26.8 Å². The van der Waals surface area contributed by atoms with E-state index in [0.29, 0.717) is 33.6 Å². The number of ether oxygens (including phenoxy) is 2. The second-order valence-corrected chi connectivity index (χ2v) is 4.98. The lowest BCUT2D eigenvalue weighted by molar-refractivity contribution is 0.395. The van der Waals surface area contributed by atoms with Gasteiger partial charge in [0, 0.05) is 11.1 Å². The summed E-state index contributed by atoms with van der Waals surface area (Å²) in [4.78, 5) is 7.74. The zero-order chi connectivity index (χ0) is 15.0. The summed E-state index contributed by atoms with van der Waals surface area (Å²) in [6.45, 7) is 0. The van der Waals surface area contributed by atoms with E-state index in [1.165, 1.54) is 0 Å². The first kappa shape index (κ1) is 13.6. The van der Waals surface area contributed by atoms with Crippen LogP contribution in [0, 0.1) is 0 Å². The van der Waals surface area contributed by atoms with Gasteiger partial charge in [0.1, 0.15) is 22.8 Å². The number of hydrogen-bond acceptors (Lipinski definition) is 4. The van der Waals surface area contributed by atoms with E-state index in [9.17, 15) is 0 Å². The summed E-state index contributed by atoms with van der Waals surface area (Å²) in [5, 5.41) is 0.567. The predicted octanol–water partition coefficient (Wildman–Crippen LogP) is 3.48. The average Bonchev–Trinajstić information content (AvgIpc) is 2.90. The van der Waals surface area contributed by atoms with Crippen LogP contribution in [0.25, 0.3) is 22.4 Å². The Morgan fingerprint density at radius 1 is 1.14 bits per heavy atom. The lowest BCUT2D eigenvalue weighted by atomic mass is 10.2. The number of methoxy groups -OCH3 is 2. The van der Waals surface area contributed by atoms with E-state index in [0.717, 1.165) is 11.1 Å². The van der Waals surface area contributed by atoms with Crippen molar-refractivity contribution in [3.63, 3.8) is 0 Å². The highest BCUT2D eigenvalue weighted by atomic mass is 35.5. The van der Waals surface area contributed by atoms with Crippen LogP contribution in [-0.4, -0.2) is 24.2 Å². The highest BCUT2D eigenvalue weighted by Gasteiger charge is 2.13. The molecule has 0 saturated heterocycles. The summed E-state index contributed by atoms with van der Waals surface area (Å²) in [5.74, 6) is 2.05. The van der Waals surface area contributed by atoms with E-state index >= 15 is 0 Å². The normalized spacial score (nSPS) is 10.8. The number of nitrogen functional groups attached to an aromatic ring is 1. The number of fused-ring (bicyclic) bond motifs is 1. The van der Waals surface area contributed by atoms with E-state index in [-0.39, 0.29) is 0 Å². The van der Waals surface area contributed by atoms with Gasteiger partial charge in [-0.25, -0.2) is 4.98 Å². The molecule has 6 heteroatoms. The van der Waals surface area contributed by atoms with Gasteiger partial charge in [0.05, 0.1) is 31.0 Å². The van der Waals surface area contributed by atoms with E-state index in [2.05, 4.69) is 9.97 Å². The van der Waals surface area contributed by atoms with Crippen LogP contribution in [0.5, 0.6) is 11.5 Å². The number of nitrogens with zero attached hydrogens (tertiary/aromatic N) is 1. The minimum atomic E-state index is 0.535. The number of halogens is 1. The Bertz CT molecular complexity index is 814. The molecule has 0 aliphatic rings. The van der Waals surface area contributed by atoms with Gasteiger partial charge in [-0.05, 0) is 24.3 Å². The molecule has 3 rings (SSSR count). The molecular weight excluding hydrogens is 290 g/mol. The third-order valence-corrected chi connectivity index (χ3v) is 3.46. The van der Waals surface area contributed by atoms with Gasteiger partial charge in [0.2, 0.25) is 0 Å². The standard InChI is InChI=1S/C15H14ClN3O2/c1-20-9-3-4-10(13(7-9)21-2)15-18-12-6-8(16)5-11(17)14(12)19-15/h3-7H,17H2,1-2H3,(H,18,19). The molecule has 3 N–H and O–H groups in total. The lowest BCUT2D eigenvalue weighted by Crippen LogP contribution is -1.91. The summed E-state index contributed by atoms with van der Waals surface area (Å²) >= 11 is 6.01. The lowest BCUT2D eigenvalue weighted by Gasteiger charge is -2.08. The Morgan fingerprint density at radius 3 is 2.67 bits per heavy atom. The Labute approximate surface area is 126 Å².